The molecule has 2 fully saturated rings. The number of benzene rings is 3. The molecule has 0 aromatic heterocycles. The minimum absolute atomic E-state index is 0.149. The number of aryl methyl sites for hydroxylation is 1. The summed E-state index contributed by atoms with van der Waals surface area (Å²) in [6.07, 6.45) is 10.1. The molecule has 3 aromatic carbocycles. The lowest BCUT2D eigenvalue weighted by Gasteiger charge is -2.50. The summed E-state index contributed by atoms with van der Waals surface area (Å²) in [7, 11) is 0. The van der Waals surface area contributed by atoms with Crippen molar-refractivity contribution in [3.63, 3.8) is 0 Å². The van der Waals surface area contributed by atoms with E-state index in [0.717, 1.165) is 30.6 Å². The van der Waals surface area contributed by atoms with E-state index in [1.165, 1.54) is 42.0 Å². The van der Waals surface area contributed by atoms with Crippen molar-refractivity contribution in [2.24, 2.45) is 17.3 Å². The van der Waals surface area contributed by atoms with Crippen molar-refractivity contribution >= 4 is 5.97 Å². The first-order valence-corrected chi connectivity index (χ1v) is 14.4. The van der Waals surface area contributed by atoms with Crippen molar-refractivity contribution < 1.29 is 19.0 Å². The Kier molecular flexibility index (Phi) is 7.45. The summed E-state index contributed by atoms with van der Waals surface area (Å²) in [6, 6.07) is 26.9. The average molecular weight is 523 g/mol. The van der Waals surface area contributed by atoms with Crippen LogP contribution in [0.3, 0.4) is 0 Å². The van der Waals surface area contributed by atoms with Crippen molar-refractivity contribution in [3.05, 3.63) is 113 Å². The molecular weight excluding hydrogens is 484 g/mol. The highest BCUT2D eigenvalue weighted by Gasteiger charge is 2.55. The van der Waals surface area contributed by atoms with E-state index in [1.54, 1.807) is 6.26 Å². The van der Waals surface area contributed by atoms with Gasteiger partial charge in [-0.15, -0.1) is 0 Å². The van der Waals surface area contributed by atoms with Gasteiger partial charge >= 0.3 is 5.97 Å². The Morgan fingerprint density at radius 1 is 0.897 bits per heavy atom. The summed E-state index contributed by atoms with van der Waals surface area (Å²) in [5, 5.41) is 0. The maximum absolute atomic E-state index is 12.2. The van der Waals surface area contributed by atoms with Crippen LogP contribution < -0.4 is 4.74 Å². The average Bonchev–Trinajstić information content (AvgIpc) is 3.32. The van der Waals surface area contributed by atoms with Gasteiger partial charge in [0.05, 0.1) is 12.3 Å². The molecule has 0 bridgehead atoms. The first-order valence-electron chi connectivity index (χ1n) is 14.4. The lowest BCUT2D eigenvalue weighted by atomic mass is 9.55. The second-order valence-electron chi connectivity index (χ2n) is 11.7. The van der Waals surface area contributed by atoms with Crippen molar-refractivity contribution in [1.29, 1.82) is 0 Å². The van der Waals surface area contributed by atoms with E-state index >= 15 is 0 Å². The van der Waals surface area contributed by atoms with Gasteiger partial charge < -0.3 is 14.2 Å². The number of fused-ring (bicyclic) bond motifs is 5. The van der Waals surface area contributed by atoms with Crippen LogP contribution in [0, 0.1) is 17.3 Å². The van der Waals surface area contributed by atoms with Gasteiger partial charge in [0.25, 0.3) is 0 Å². The normalized spacial score (nSPS) is 27.3. The van der Waals surface area contributed by atoms with Crippen LogP contribution in [0.5, 0.6) is 5.75 Å². The Hall–Kier alpha value is -3.53. The zero-order valence-corrected chi connectivity index (χ0v) is 22.8. The standard InChI is InChI=1S/C35H38O4/c1-35-20-18-30-29-15-13-28(38-23-25-8-4-2-5-9-25)22-27(29)12-14-31(30)32(35)16-17-33(35)37-21-19-34(36)39-24-26-10-6-3-7-11-26/h2-11,13,15,19,21-22,30-33H,12,14,16-18,20,23-24H2,1H3/b21-19+/t30-,31-,32+,33+,35+/m1/s1. The van der Waals surface area contributed by atoms with Gasteiger partial charge in [-0.2, -0.15) is 0 Å². The summed E-state index contributed by atoms with van der Waals surface area (Å²) < 4.78 is 17.7. The minimum Gasteiger partial charge on any atom is -0.497 e. The molecule has 3 aliphatic rings. The number of carbonyl (C=O) groups excluding carboxylic acids is 1. The highest BCUT2D eigenvalue weighted by molar-refractivity contribution is 5.81. The minimum atomic E-state index is -0.363. The van der Waals surface area contributed by atoms with Crippen LogP contribution in [0.15, 0.2) is 91.2 Å². The lowest BCUT2D eigenvalue weighted by molar-refractivity contribution is -0.139. The maximum atomic E-state index is 12.2. The molecule has 0 radical (unpaired) electrons. The molecule has 0 spiro atoms. The number of ether oxygens (including phenoxy) is 3. The summed E-state index contributed by atoms with van der Waals surface area (Å²) in [6.45, 7) is 3.30. The predicted molar refractivity (Wildman–Crippen MR) is 152 cm³/mol. The predicted octanol–water partition coefficient (Wildman–Crippen LogP) is 7.76. The number of hydrogen-bond acceptors (Lipinski definition) is 4. The summed E-state index contributed by atoms with van der Waals surface area (Å²) in [5.74, 6) is 2.58. The molecule has 4 heteroatoms. The van der Waals surface area contributed by atoms with Crippen LogP contribution in [-0.4, -0.2) is 12.1 Å². The molecule has 5 atom stereocenters. The molecule has 0 aliphatic heterocycles. The Bertz CT molecular complexity index is 1300. The molecule has 3 aliphatic carbocycles. The topological polar surface area (TPSA) is 44.8 Å². The van der Waals surface area contributed by atoms with E-state index in [-0.39, 0.29) is 24.1 Å². The van der Waals surface area contributed by atoms with Crippen molar-refractivity contribution in [2.75, 3.05) is 0 Å². The third-order valence-electron chi connectivity index (χ3n) is 9.53. The van der Waals surface area contributed by atoms with Gasteiger partial charge in [-0.1, -0.05) is 73.7 Å². The van der Waals surface area contributed by atoms with Gasteiger partial charge in [0.2, 0.25) is 0 Å². The largest absolute Gasteiger partial charge is 0.497 e. The fourth-order valence-corrected chi connectivity index (χ4v) is 7.53. The molecule has 3 aromatic rings. The molecular formula is C35H38O4. The number of hydrogen-bond donors (Lipinski definition) is 0. The van der Waals surface area contributed by atoms with Crippen molar-refractivity contribution in [3.8, 4) is 5.75 Å². The quantitative estimate of drug-likeness (QED) is 0.172. The Labute approximate surface area is 232 Å². The van der Waals surface area contributed by atoms with Gasteiger partial charge in [0, 0.05) is 5.41 Å². The molecule has 2 saturated carbocycles. The van der Waals surface area contributed by atoms with Crippen LogP contribution in [0.1, 0.15) is 67.2 Å². The van der Waals surface area contributed by atoms with Crippen LogP contribution in [0.4, 0.5) is 0 Å². The second kappa shape index (κ2) is 11.3. The van der Waals surface area contributed by atoms with Crippen LogP contribution in [-0.2, 0) is 33.9 Å². The zero-order valence-electron chi connectivity index (χ0n) is 22.8. The second-order valence-corrected chi connectivity index (χ2v) is 11.7. The van der Waals surface area contributed by atoms with Crippen molar-refractivity contribution in [2.45, 2.75) is 70.7 Å². The molecule has 4 nitrogen and oxygen atoms in total. The molecule has 0 amide bonds. The fraction of sp³-hybridized carbons (Fsp3) is 0.400. The van der Waals surface area contributed by atoms with Crippen LogP contribution >= 0.6 is 0 Å². The third kappa shape index (κ3) is 5.48. The first-order chi connectivity index (χ1) is 19.1. The lowest BCUT2D eigenvalue weighted by Crippen LogP contribution is -2.44. The SMILES string of the molecule is C[C@]12CC[C@@H]3c4ccc(OCc5ccccc5)cc4CC[C@H]3[C@@H]1CC[C@@H]2O/C=C/C(=O)OCc1ccccc1. The molecule has 0 N–H and O–H groups in total. The number of esters is 1. The summed E-state index contributed by atoms with van der Waals surface area (Å²) >= 11 is 0. The van der Waals surface area contributed by atoms with Gasteiger partial charge in [0.1, 0.15) is 25.1 Å². The van der Waals surface area contributed by atoms with Crippen LogP contribution in [0.2, 0.25) is 0 Å². The van der Waals surface area contributed by atoms with E-state index in [0.29, 0.717) is 24.4 Å². The Morgan fingerprint density at radius 3 is 2.41 bits per heavy atom. The molecule has 202 valence electrons. The number of rotatable bonds is 8. The van der Waals surface area contributed by atoms with Gasteiger partial charge in [-0.05, 0) is 90.7 Å². The first kappa shape index (κ1) is 25.7. The van der Waals surface area contributed by atoms with Crippen molar-refractivity contribution in [1.82, 2.24) is 0 Å². The van der Waals surface area contributed by atoms with Gasteiger partial charge in [0.15, 0.2) is 0 Å². The van der Waals surface area contributed by atoms with E-state index in [2.05, 4.69) is 49.4 Å². The summed E-state index contributed by atoms with van der Waals surface area (Å²) in [5.41, 5.74) is 5.32. The Morgan fingerprint density at radius 2 is 1.64 bits per heavy atom. The monoisotopic (exact) mass is 522 g/mol. The van der Waals surface area contributed by atoms with E-state index in [1.807, 2.05) is 36.4 Å². The highest BCUT2D eigenvalue weighted by Crippen LogP contribution is 2.61. The third-order valence-corrected chi connectivity index (χ3v) is 9.53. The number of carbonyl (C=O) groups is 1. The molecule has 0 saturated heterocycles. The van der Waals surface area contributed by atoms with E-state index in [4.69, 9.17) is 14.2 Å². The summed E-state index contributed by atoms with van der Waals surface area (Å²) in [4.78, 5) is 12.2. The molecule has 39 heavy (non-hydrogen) atoms. The maximum Gasteiger partial charge on any atom is 0.334 e. The molecule has 0 heterocycles. The smallest absolute Gasteiger partial charge is 0.334 e. The fourth-order valence-electron chi connectivity index (χ4n) is 7.53. The van der Waals surface area contributed by atoms with Gasteiger partial charge in [-0.25, -0.2) is 4.79 Å². The highest BCUT2D eigenvalue weighted by atomic mass is 16.5. The van der Waals surface area contributed by atoms with Gasteiger partial charge in [-0.3, -0.25) is 0 Å². The van der Waals surface area contributed by atoms with E-state index in [9.17, 15) is 4.79 Å². The Balaban J connectivity index is 1.05. The zero-order chi connectivity index (χ0) is 26.7. The molecule has 0 unspecified atom stereocenters. The molecule has 6 rings (SSSR count). The van der Waals surface area contributed by atoms with Crippen LogP contribution in [0.25, 0.3) is 0 Å². The van der Waals surface area contributed by atoms with E-state index < -0.39 is 0 Å².